The quantitative estimate of drug-likeness (QED) is 0.123. The summed E-state index contributed by atoms with van der Waals surface area (Å²) in [7, 11) is 1.67. The van der Waals surface area contributed by atoms with E-state index in [1.807, 2.05) is 25.1 Å². The second kappa shape index (κ2) is 11.2. The number of aliphatic imine (C=N–C) groups is 1. The fourth-order valence-electron chi connectivity index (χ4n) is 5.10. The first kappa shape index (κ1) is 24.5. The van der Waals surface area contributed by atoms with Gasteiger partial charge in [0.2, 0.25) is 11.8 Å². The molecule has 2 aliphatic carbocycles. The lowest BCUT2D eigenvalue weighted by Crippen LogP contribution is -2.38. The number of nitrogens with zero attached hydrogens (tertiary/aromatic N) is 2. The average molecular weight is 552 g/mol. The highest BCUT2D eigenvalue weighted by atomic mass is 127. The molecule has 2 fully saturated rings. The highest BCUT2D eigenvalue weighted by molar-refractivity contribution is 14.0. The van der Waals surface area contributed by atoms with E-state index < -0.39 is 0 Å². The van der Waals surface area contributed by atoms with Crippen molar-refractivity contribution in [2.75, 3.05) is 33.3 Å². The minimum Gasteiger partial charge on any atom is -0.497 e. The largest absolute Gasteiger partial charge is 0.497 e. The van der Waals surface area contributed by atoms with Gasteiger partial charge in [0.25, 0.3) is 0 Å². The Bertz CT molecular complexity index is 858. The van der Waals surface area contributed by atoms with Crippen LogP contribution in [0, 0.1) is 23.7 Å². The van der Waals surface area contributed by atoms with E-state index in [0.717, 1.165) is 37.6 Å². The molecule has 1 saturated heterocycles. The first-order valence-electron chi connectivity index (χ1n) is 11.3. The van der Waals surface area contributed by atoms with Crippen molar-refractivity contribution in [1.82, 2.24) is 15.5 Å². The lowest BCUT2D eigenvalue weighted by atomic mass is 9.85. The zero-order valence-electron chi connectivity index (χ0n) is 18.8. The Morgan fingerprint density at radius 2 is 1.88 bits per heavy atom. The van der Waals surface area contributed by atoms with Crippen molar-refractivity contribution in [1.29, 1.82) is 0 Å². The number of allylic oxidation sites excluding steroid dienone is 2. The monoisotopic (exact) mass is 552 g/mol. The number of guanidine groups is 1. The molecule has 4 atom stereocenters. The minimum atomic E-state index is -0.110. The molecule has 1 aromatic carbocycles. The number of amides is 2. The third-order valence-electron chi connectivity index (χ3n) is 6.56. The molecule has 3 aliphatic rings. The molecule has 2 N–H and O–H groups in total. The van der Waals surface area contributed by atoms with E-state index in [4.69, 9.17) is 4.74 Å². The third-order valence-corrected chi connectivity index (χ3v) is 6.56. The average Bonchev–Trinajstić information content (AvgIpc) is 3.46. The molecule has 1 aromatic rings. The van der Waals surface area contributed by atoms with Crippen LogP contribution in [0.15, 0.2) is 41.4 Å². The van der Waals surface area contributed by atoms with Crippen LogP contribution in [0.3, 0.4) is 0 Å². The second-order valence-corrected chi connectivity index (χ2v) is 8.47. The van der Waals surface area contributed by atoms with Crippen LogP contribution in [-0.4, -0.2) is 56.0 Å². The van der Waals surface area contributed by atoms with Crippen molar-refractivity contribution in [3.05, 3.63) is 42.0 Å². The van der Waals surface area contributed by atoms with Crippen LogP contribution < -0.4 is 15.4 Å². The smallest absolute Gasteiger partial charge is 0.233 e. The third kappa shape index (κ3) is 5.10. The first-order chi connectivity index (χ1) is 15.1. The fourth-order valence-corrected chi connectivity index (χ4v) is 5.10. The molecule has 1 saturated carbocycles. The van der Waals surface area contributed by atoms with Crippen molar-refractivity contribution >= 4 is 41.8 Å². The second-order valence-electron chi connectivity index (χ2n) is 8.47. The maximum absolute atomic E-state index is 12.7. The van der Waals surface area contributed by atoms with Gasteiger partial charge in [0, 0.05) is 26.2 Å². The Morgan fingerprint density at radius 1 is 1.16 bits per heavy atom. The van der Waals surface area contributed by atoms with Gasteiger partial charge in [-0.3, -0.25) is 19.5 Å². The van der Waals surface area contributed by atoms with Crippen LogP contribution in [0.5, 0.6) is 5.75 Å². The molecular formula is C24H33IN4O3. The number of carbonyl (C=O) groups excluding carboxylic acids is 2. The SMILES string of the molecule is CCNC(=NCCCN1C(=O)C2C3C=CC(C3)C2C1=O)NCCc1cccc(OC)c1.I. The maximum Gasteiger partial charge on any atom is 0.233 e. The summed E-state index contributed by atoms with van der Waals surface area (Å²) in [6, 6.07) is 8.04. The zero-order valence-corrected chi connectivity index (χ0v) is 21.1. The van der Waals surface area contributed by atoms with E-state index in [1.165, 1.54) is 10.5 Å². The predicted octanol–water partition coefficient (Wildman–Crippen LogP) is 2.61. The van der Waals surface area contributed by atoms with Crippen LogP contribution in [0.1, 0.15) is 25.3 Å². The van der Waals surface area contributed by atoms with Crippen molar-refractivity contribution in [3.8, 4) is 5.75 Å². The molecule has 2 bridgehead atoms. The number of ether oxygens (including phenoxy) is 1. The summed E-state index contributed by atoms with van der Waals surface area (Å²) in [5.41, 5.74) is 1.20. The molecule has 0 aromatic heterocycles. The summed E-state index contributed by atoms with van der Waals surface area (Å²) < 4.78 is 5.27. The Balaban J connectivity index is 0.00000289. The first-order valence-corrected chi connectivity index (χ1v) is 11.3. The van der Waals surface area contributed by atoms with Gasteiger partial charge in [-0.15, -0.1) is 24.0 Å². The highest BCUT2D eigenvalue weighted by Gasteiger charge is 2.58. The lowest BCUT2D eigenvalue weighted by Gasteiger charge is -2.17. The van der Waals surface area contributed by atoms with E-state index in [-0.39, 0.29) is 59.5 Å². The molecule has 4 rings (SSSR count). The van der Waals surface area contributed by atoms with E-state index in [0.29, 0.717) is 19.5 Å². The zero-order chi connectivity index (χ0) is 21.8. The van der Waals surface area contributed by atoms with Crippen molar-refractivity contribution in [2.24, 2.45) is 28.7 Å². The molecule has 0 spiro atoms. The molecule has 174 valence electrons. The highest BCUT2D eigenvalue weighted by Crippen LogP contribution is 2.52. The van der Waals surface area contributed by atoms with Gasteiger partial charge in [-0.2, -0.15) is 0 Å². The van der Waals surface area contributed by atoms with Crippen molar-refractivity contribution in [3.63, 3.8) is 0 Å². The summed E-state index contributed by atoms with van der Waals surface area (Å²) in [6.45, 7) is 4.57. The normalized spacial score (nSPS) is 25.7. The van der Waals surface area contributed by atoms with E-state index >= 15 is 0 Å². The molecule has 1 aliphatic heterocycles. The van der Waals surface area contributed by atoms with Gasteiger partial charge in [0.15, 0.2) is 5.96 Å². The van der Waals surface area contributed by atoms with Gasteiger partial charge in [-0.1, -0.05) is 24.3 Å². The van der Waals surface area contributed by atoms with E-state index in [9.17, 15) is 9.59 Å². The molecular weight excluding hydrogens is 519 g/mol. The number of carbonyl (C=O) groups is 2. The van der Waals surface area contributed by atoms with Gasteiger partial charge < -0.3 is 15.4 Å². The van der Waals surface area contributed by atoms with Gasteiger partial charge in [0.05, 0.1) is 18.9 Å². The summed E-state index contributed by atoms with van der Waals surface area (Å²) in [5, 5.41) is 6.60. The predicted molar refractivity (Wildman–Crippen MR) is 135 cm³/mol. The van der Waals surface area contributed by atoms with Crippen LogP contribution in [-0.2, 0) is 16.0 Å². The number of hydrogen-bond acceptors (Lipinski definition) is 4. The summed E-state index contributed by atoms with van der Waals surface area (Å²) in [6.07, 6.45) is 6.76. The van der Waals surface area contributed by atoms with Gasteiger partial charge in [-0.05, 0) is 55.7 Å². The molecule has 8 heteroatoms. The molecule has 4 unspecified atom stereocenters. The fraction of sp³-hybridized carbons (Fsp3) is 0.542. The summed E-state index contributed by atoms with van der Waals surface area (Å²) in [5.74, 6) is 1.98. The molecule has 2 amide bonds. The van der Waals surface area contributed by atoms with E-state index in [2.05, 4.69) is 33.8 Å². The number of rotatable bonds is 9. The van der Waals surface area contributed by atoms with Gasteiger partial charge in [-0.25, -0.2) is 0 Å². The lowest BCUT2D eigenvalue weighted by molar-refractivity contribution is -0.140. The molecule has 1 heterocycles. The number of halogens is 1. The van der Waals surface area contributed by atoms with Crippen LogP contribution in [0.4, 0.5) is 0 Å². The number of benzene rings is 1. The number of likely N-dealkylation sites (tertiary alicyclic amines) is 1. The maximum atomic E-state index is 12.7. The Hall–Kier alpha value is -2.10. The van der Waals surface area contributed by atoms with Gasteiger partial charge in [0.1, 0.15) is 5.75 Å². The minimum absolute atomic E-state index is 0. The molecule has 0 radical (unpaired) electrons. The Kier molecular flexibility index (Phi) is 8.56. The summed E-state index contributed by atoms with van der Waals surface area (Å²) in [4.78, 5) is 31.6. The van der Waals surface area contributed by atoms with Crippen LogP contribution >= 0.6 is 24.0 Å². The standard InChI is InChI=1S/C24H32N4O3.HI/c1-3-25-24(27-12-10-16-6-4-7-19(14-16)31-2)26-11-5-13-28-22(29)20-17-8-9-18(15-17)21(20)23(28)30;/h4,6-9,14,17-18,20-21H,3,5,10-13,15H2,1-2H3,(H2,25,26,27);1H. The summed E-state index contributed by atoms with van der Waals surface area (Å²) >= 11 is 0. The van der Waals surface area contributed by atoms with E-state index in [1.54, 1.807) is 7.11 Å². The number of methoxy groups -OCH3 is 1. The van der Waals surface area contributed by atoms with Gasteiger partial charge >= 0.3 is 0 Å². The number of nitrogens with one attached hydrogen (secondary N) is 2. The number of hydrogen-bond donors (Lipinski definition) is 2. The van der Waals surface area contributed by atoms with Crippen molar-refractivity contribution in [2.45, 2.75) is 26.2 Å². The number of imide groups is 1. The van der Waals surface area contributed by atoms with Crippen molar-refractivity contribution < 1.29 is 14.3 Å². The Morgan fingerprint density at radius 3 is 2.53 bits per heavy atom. The number of fused-ring (bicyclic) bond motifs is 5. The molecule has 32 heavy (non-hydrogen) atoms. The van der Waals surface area contributed by atoms with Crippen LogP contribution in [0.25, 0.3) is 0 Å². The van der Waals surface area contributed by atoms with Crippen LogP contribution in [0.2, 0.25) is 0 Å². The molecule has 7 nitrogen and oxygen atoms in total. The topological polar surface area (TPSA) is 83.0 Å². The Labute approximate surface area is 207 Å².